The van der Waals surface area contributed by atoms with Gasteiger partial charge in [-0.05, 0) is 54.0 Å². The van der Waals surface area contributed by atoms with Gasteiger partial charge in [-0.3, -0.25) is 0 Å². The average Bonchev–Trinajstić information content (AvgIpc) is 2.76. The van der Waals surface area contributed by atoms with E-state index >= 15 is 0 Å². The number of thioether (sulfide) groups is 1. The lowest BCUT2D eigenvalue weighted by Gasteiger charge is -2.10. The van der Waals surface area contributed by atoms with Gasteiger partial charge in [0.1, 0.15) is 0 Å². The fourth-order valence-corrected chi connectivity index (χ4v) is 2.32. The Kier molecular flexibility index (Phi) is 3.91. The SMILES string of the molecule is CSCCCC(O)c1ccc2[nH]ccc2c1. The van der Waals surface area contributed by atoms with Crippen molar-refractivity contribution >= 4 is 22.7 Å². The molecule has 2 nitrogen and oxygen atoms in total. The first-order valence-electron chi connectivity index (χ1n) is 5.55. The number of fused-ring (bicyclic) bond motifs is 1. The predicted molar refractivity (Wildman–Crippen MR) is 70.9 cm³/mol. The van der Waals surface area contributed by atoms with Crippen molar-refractivity contribution < 1.29 is 5.11 Å². The summed E-state index contributed by atoms with van der Waals surface area (Å²) in [6, 6.07) is 8.13. The van der Waals surface area contributed by atoms with Gasteiger partial charge in [-0.2, -0.15) is 11.8 Å². The molecule has 1 unspecified atom stereocenters. The molecule has 0 spiro atoms. The highest BCUT2D eigenvalue weighted by molar-refractivity contribution is 7.98. The summed E-state index contributed by atoms with van der Waals surface area (Å²) in [5, 5.41) is 11.2. The third kappa shape index (κ3) is 2.60. The molecular weight excluding hydrogens is 218 g/mol. The van der Waals surface area contributed by atoms with E-state index in [0.29, 0.717) is 0 Å². The molecule has 1 aromatic carbocycles. The first-order chi connectivity index (χ1) is 7.81. The lowest BCUT2D eigenvalue weighted by Crippen LogP contribution is -1.97. The number of rotatable bonds is 5. The molecule has 1 aromatic heterocycles. The van der Waals surface area contributed by atoms with Crippen molar-refractivity contribution in [3.63, 3.8) is 0 Å². The third-order valence-electron chi connectivity index (χ3n) is 2.79. The summed E-state index contributed by atoms with van der Waals surface area (Å²) < 4.78 is 0. The van der Waals surface area contributed by atoms with Crippen LogP contribution in [-0.2, 0) is 0 Å². The number of aromatic amines is 1. The number of benzene rings is 1. The maximum atomic E-state index is 10.0. The summed E-state index contributed by atoms with van der Waals surface area (Å²) in [4.78, 5) is 3.15. The molecule has 2 N–H and O–H groups in total. The maximum absolute atomic E-state index is 10.0. The van der Waals surface area contributed by atoms with Crippen LogP contribution >= 0.6 is 11.8 Å². The summed E-state index contributed by atoms with van der Waals surface area (Å²) in [6.07, 6.45) is 5.60. The maximum Gasteiger partial charge on any atom is 0.0790 e. The quantitative estimate of drug-likeness (QED) is 0.780. The second-order valence-corrected chi connectivity index (χ2v) is 4.96. The highest BCUT2D eigenvalue weighted by Crippen LogP contribution is 2.23. The fourth-order valence-electron chi connectivity index (χ4n) is 1.87. The predicted octanol–water partition coefficient (Wildman–Crippen LogP) is 3.34. The number of aliphatic hydroxyl groups is 1. The van der Waals surface area contributed by atoms with Crippen molar-refractivity contribution in [3.8, 4) is 0 Å². The number of hydrogen-bond donors (Lipinski definition) is 2. The zero-order valence-corrected chi connectivity index (χ0v) is 10.3. The lowest BCUT2D eigenvalue weighted by atomic mass is 10.0. The van der Waals surface area contributed by atoms with Gasteiger partial charge in [0, 0.05) is 11.7 Å². The first-order valence-corrected chi connectivity index (χ1v) is 6.94. The van der Waals surface area contributed by atoms with Gasteiger partial charge in [-0.25, -0.2) is 0 Å². The summed E-state index contributed by atoms with van der Waals surface area (Å²) >= 11 is 1.83. The fraction of sp³-hybridized carbons (Fsp3) is 0.385. The van der Waals surface area contributed by atoms with Gasteiger partial charge < -0.3 is 10.1 Å². The highest BCUT2D eigenvalue weighted by Gasteiger charge is 2.07. The molecule has 0 saturated heterocycles. The van der Waals surface area contributed by atoms with E-state index in [1.165, 1.54) is 5.39 Å². The molecule has 2 rings (SSSR count). The molecule has 0 aliphatic rings. The summed E-state index contributed by atoms with van der Waals surface area (Å²) in [5.41, 5.74) is 2.15. The van der Waals surface area contributed by atoms with Gasteiger partial charge in [-0.1, -0.05) is 6.07 Å². The second kappa shape index (κ2) is 5.41. The van der Waals surface area contributed by atoms with Gasteiger partial charge in [0.25, 0.3) is 0 Å². The van der Waals surface area contributed by atoms with Crippen molar-refractivity contribution in [3.05, 3.63) is 36.0 Å². The van der Waals surface area contributed by atoms with Crippen LogP contribution in [0.2, 0.25) is 0 Å². The van der Waals surface area contributed by atoms with Crippen molar-refractivity contribution in [2.24, 2.45) is 0 Å². The molecule has 0 aliphatic heterocycles. The molecule has 0 saturated carbocycles. The van der Waals surface area contributed by atoms with Crippen molar-refractivity contribution in [2.75, 3.05) is 12.0 Å². The largest absolute Gasteiger partial charge is 0.388 e. The van der Waals surface area contributed by atoms with Gasteiger partial charge in [0.2, 0.25) is 0 Å². The molecule has 0 radical (unpaired) electrons. The average molecular weight is 235 g/mol. The van der Waals surface area contributed by atoms with Gasteiger partial charge in [0.15, 0.2) is 0 Å². The minimum absolute atomic E-state index is 0.327. The van der Waals surface area contributed by atoms with E-state index in [1.807, 2.05) is 36.2 Å². The lowest BCUT2D eigenvalue weighted by molar-refractivity contribution is 0.167. The Hall–Kier alpha value is -0.930. The first kappa shape index (κ1) is 11.6. The van der Waals surface area contributed by atoms with Gasteiger partial charge >= 0.3 is 0 Å². The normalized spacial score (nSPS) is 13.1. The molecule has 0 aliphatic carbocycles. The molecular formula is C13H17NOS. The summed E-state index contributed by atoms with van der Waals surface area (Å²) in [7, 11) is 0. The highest BCUT2D eigenvalue weighted by atomic mass is 32.2. The van der Waals surface area contributed by atoms with Crippen molar-refractivity contribution in [2.45, 2.75) is 18.9 Å². The Labute approximate surface area is 100 Å². The Bertz CT molecular complexity index is 452. The van der Waals surface area contributed by atoms with Crippen molar-refractivity contribution in [1.29, 1.82) is 0 Å². The molecule has 0 bridgehead atoms. The number of H-pyrrole nitrogens is 1. The monoisotopic (exact) mass is 235 g/mol. The third-order valence-corrected chi connectivity index (χ3v) is 3.49. The number of aliphatic hydroxyl groups excluding tert-OH is 1. The van der Waals surface area contributed by atoms with E-state index in [1.54, 1.807) is 0 Å². The van der Waals surface area contributed by atoms with Crippen LogP contribution in [0.4, 0.5) is 0 Å². The number of nitrogens with one attached hydrogen (secondary N) is 1. The van der Waals surface area contributed by atoms with Crippen LogP contribution in [-0.4, -0.2) is 22.1 Å². The molecule has 0 fully saturated rings. The smallest absolute Gasteiger partial charge is 0.0790 e. The molecule has 16 heavy (non-hydrogen) atoms. The van der Waals surface area contributed by atoms with Gasteiger partial charge in [-0.15, -0.1) is 0 Å². The van der Waals surface area contributed by atoms with Crippen LogP contribution < -0.4 is 0 Å². The summed E-state index contributed by atoms with van der Waals surface area (Å²) in [5.74, 6) is 1.11. The van der Waals surface area contributed by atoms with Crippen molar-refractivity contribution in [1.82, 2.24) is 4.98 Å². The molecule has 1 atom stereocenters. The standard InChI is InChI=1S/C13H17NOS/c1-16-8-2-3-13(15)11-4-5-12-10(9-11)6-7-14-12/h4-7,9,13-15H,2-3,8H2,1H3. The molecule has 1 heterocycles. The van der Waals surface area contributed by atoms with Crippen LogP contribution in [0.3, 0.4) is 0 Å². The van der Waals surface area contributed by atoms with E-state index in [2.05, 4.69) is 17.3 Å². The second-order valence-electron chi connectivity index (χ2n) is 3.98. The van der Waals surface area contributed by atoms with Crippen LogP contribution in [0.5, 0.6) is 0 Å². The topological polar surface area (TPSA) is 36.0 Å². The van der Waals surface area contributed by atoms with E-state index in [4.69, 9.17) is 0 Å². The Morgan fingerprint density at radius 1 is 1.38 bits per heavy atom. The van der Waals surface area contributed by atoms with Crippen LogP contribution in [0.1, 0.15) is 24.5 Å². The summed E-state index contributed by atoms with van der Waals surface area (Å²) in [6.45, 7) is 0. The van der Waals surface area contributed by atoms with Crippen LogP contribution in [0.15, 0.2) is 30.5 Å². The van der Waals surface area contributed by atoms with Gasteiger partial charge in [0.05, 0.1) is 6.10 Å². The molecule has 3 heteroatoms. The molecule has 0 amide bonds. The number of aromatic nitrogens is 1. The Morgan fingerprint density at radius 2 is 2.25 bits per heavy atom. The minimum atomic E-state index is -0.327. The van der Waals surface area contributed by atoms with Crippen LogP contribution in [0.25, 0.3) is 10.9 Å². The van der Waals surface area contributed by atoms with E-state index in [-0.39, 0.29) is 6.10 Å². The minimum Gasteiger partial charge on any atom is -0.388 e. The van der Waals surface area contributed by atoms with Crippen LogP contribution in [0, 0.1) is 0 Å². The molecule has 86 valence electrons. The number of hydrogen-bond acceptors (Lipinski definition) is 2. The van der Waals surface area contributed by atoms with E-state index in [9.17, 15) is 5.11 Å². The van der Waals surface area contributed by atoms with E-state index in [0.717, 1.165) is 29.7 Å². The zero-order valence-electron chi connectivity index (χ0n) is 9.44. The zero-order chi connectivity index (χ0) is 11.4. The Balaban J connectivity index is 2.07. The molecule has 2 aromatic rings. The van der Waals surface area contributed by atoms with E-state index < -0.39 is 0 Å². The Morgan fingerprint density at radius 3 is 3.06 bits per heavy atom.